The van der Waals surface area contributed by atoms with Crippen LogP contribution in [0.1, 0.15) is 29.3 Å². The van der Waals surface area contributed by atoms with Gasteiger partial charge in [-0.15, -0.1) is 0 Å². The molecule has 0 spiro atoms. The lowest BCUT2D eigenvalue weighted by Crippen LogP contribution is -2.05. The van der Waals surface area contributed by atoms with Gasteiger partial charge in [0.15, 0.2) is 0 Å². The molecule has 13 heavy (non-hydrogen) atoms. The van der Waals surface area contributed by atoms with Crippen LogP contribution in [0, 0.1) is 6.92 Å². The third-order valence-corrected chi connectivity index (χ3v) is 1.72. The van der Waals surface area contributed by atoms with Crippen LogP contribution in [0.2, 0.25) is 0 Å². The topological polar surface area (TPSA) is 26.3 Å². The van der Waals surface area contributed by atoms with Crippen LogP contribution >= 0.6 is 0 Å². The minimum Gasteiger partial charge on any atom is -0.462 e. The molecule has 1 aromatic carbocycles. The summed E-state index contributed by atoms with van der Waals surface area (Å²) in [4.78, 5) is 11.3. The van der Waals surface area contributed by atoms with Gasteiger partial charge in [0.2, 0.25) is 0 Å². The Morgan fingerprint density at radius 1 is 1.31 bits per heavy atom. The molecular weight excluding hydrogens is 164 g/mol. The molecule has 0 aliphatic rings. The molecule has 0 heterocycles. The van der Waals surface area contributed by atoms with Crippen LogP contribution < -0.4 is 0 Å². The molecule has 0 saturated heterocycles. The summed E-state index contributed by atoms with van der Waals surface area (Å²) in [7, 11) is 0. The first-order valence-electron chi connectivity index (χ1n) is 4.48. The van der Waals surface area contributed by atoms with E-state index < -0.39 is 0 Å². The highest BCUT2D eigenvalue weighted by atomic mass is 16.5. The highest BCUT2D eigenvalue weighted by Crippen LogP contribution is 2.04. The lowest BCUT2D eigenvalue weighted by molar-refractivity contribution is 0.0505. The first-order chi connectivity index (χ1) is 6.24. The molecule has 0 unspecified atom stereocenters. The van der Waals surface area contributed by atoms with E-state index in [1.165, 1.54) is 0 Å². The fourth-order valence-corrected chi connectivity index (χ4v) is 0.968. The Hall–Kier alpha value is -1.31. The van der Waals surface area contributed by atoms with Crippen LogP contribution in [0.3, 0.4) is 0 Å². The van der Waals surface area contributed by atoms with E-state index >= 15 is 0 Å². The Balaban J connectivity index is 2.61. The van der Waals surface area contributed by atoms with Crippen molar-refractivity contribution in [1.29, 1.82) is 0 Å². The van der Waals surface area contributed by atoms with Crippen molar-refractivity contribution in [1.82, 2.24) is 0 Å². The zero-order chi connectivity index (χ0) is 9.68. The van der Waals surface area contributed by atoms with Gasteiger partial charge in [0.1, 0.15) is 0 Å². The number of carbonyl (C=O) groups is 1. The average Bonchev–Trinajstić information content (AvgIpc) is 2.15. The van der Waals surface area contributed by atoms with Crippen LogP contribution in [0.4, 0.5) is 0 Å². The van der Waals surface area contributed by atoms with Gasteiger partial charge in [-0.05, 0) is 25.5 Å². The summed E-state index contributed by atoms with van der Waals surface area (Å²) >= 11 is 0. The van der Waals surface area contributed by atoms with Crippen molar-refractivity contribution in [3.05, 3.63) is 35.4 Å². The zero-order valence-corrected chi connectivity index (χ0v) is 8.04. The standard InChI is InChI=1S/C11H14O2/c1-3-8-13-11(12)10-6-4-9(2)5-7-10/h4-7H,3,8H2,1-2H3. The molecule has 0 atom stereocenters. The van der Waals surface area contributed by atoms with Gasteiger partial charge in [-0.25, -0.2) is 4.79 Å². The fraction of sp³-hybridized carbons (Fsp3) is 0.364. The summed E-state index contributed by atoms with van der Waals surface area (Å²) in [6.07, 6.45) is 0.859. The molecule has 0 N–H and O–H groups in total. The van der Waals surface area contributed by atoms with Crippen LogP contribution in [0.5, 0.6) is 0 Å². The van der Waals surface area contributed by atoms with Gasteiger partial charge < -0.3 is 4.74 Å². The molecule has 0 aliphatic heterocycles. The Morgan fingerprint density at radius 2 is 1.92 bits per heavy atom. The van der Waals surface area contributed by atoms with Gasteiger partial charge in [0.25, 0.3) is 0 Å². The number of carbonyl (C=O) groups excluding carboxylic acids is 1. The van der Waals surface area contributed by atoms with E-state index in [4.69, 9.17) is 4.74 Å². The Kier molecular flexibility index (Phi) is 3.50. The van der Waals surface area contributed by atoms with Gasteiger partial charge in [-0.1, -0.05) is 24.6 Å². The van der Waals surface area contributed by atoms with Crippen molar-refractivity contribution in [3.8, 4) is 0 Å². The lowest BCUT2D eigenvalue weighted by atomic mass is 10.1. The number of rotatable bonds is 3. The summed E-state index contributed by atoms with van der Waals surface area (Å²) in [6.45, 7) is 4.45. The van der Waals surface area contributed by atoms with Crippen LogP contribution in [-0.4, -0.2) is 12.6 Å². The van der Waals surface area contributed by atoms with E-state index in [1.54, 1.807) is 12.1 Å². The maximum Gasteiger partial charge on any atom is 0.338 e. The lowest BCUT2D eigenvalue weighted by Gasteiger charge is -2.02. The Morgan fingerprint density at radius 3 is 2.46 bits per heavy atom. The highest BCUT2D eigenvalue weighted by Gasteiger charge is 2.04. The average molecular weight is 178 g/mol. The minimum absolute atomic E-state index is 0.234. The van der Waals surface area contributed by atoms with E-state index in [-0.39, 0.29) is 5.97 Å². The molecular formula is C11H14O2. The van der Waals surface area contributed by atoms with Crippen molar-refractivity contribution in [2.24, 2.45) is 0 Å². The number of hydrogen-bond acceptors (Lipinski definition) is 2. The number of benzene rings is 1. The molecule has 1 aromatic rings. The first-order valence-corrected chi connectivity index (χ1v) is 4.48. The highest BCUT2D eigenvalue weighted by molar-refractivity contribution is 5.89. The quantitative estimate of drug-likeness (QED) is 0.665. The van der Waals surface area contributed by atoms with E-state index in [9.17, 15) is 4.79 Å². The molecule has 0 aliphatic carbocycles. The van der Waals surface area contributed by atoms with Crippen LogP contribution in [0.25, 0.3) is 0 Å². The van der Waals surface area contributed by atoms with Gasteiger partial charge in [-0.3, -0.25) is 0 Å². The van der Waals surface area contributed by atoms with Crippen LogP contribution in [0.15, 0.2) is 24.3 Å². The zero-order valence-electron chi connectivity index (χ0n) is 8.04. The van der Waals surface area contributed by atoms with Crippen LogP contribution in [-0.2, 0) is 4.74 Å². The molecule has 0 bridgehead atoms. The normalized spacial score (nSPS) is 9.69. The molecule has 0 amide bonds. The largest absolute Gasteiger partial charge is 0.462 e. The molecule has 0 aromatic heterocycles. The van der Waals surface area contributed by atoms with E-state index in [1.807, 2.05) is 26.0 Å². The smallest absolute Gasteiger partial charge is 0.338 e. The molecule has 0 saturated carbocycles. The van der Waals surface area contributed by atoms with Crippen molar-refractivity contribution in [2.45, 2.75) is 20.3 Å². The predicted octanol–water partition coefficient (Wildman–Crippen LogP) is 2.56. The summed E-state index contributed by atoms with van der Waals surface area (Å²) in [5.41, 5.74) is 1.77. The molecule has 70 valence electrons. The van der Waals surface area contributed by atoms with Crippen molar-refractivity contribution in [3.63, 3.8) is 0 Å². The SMILES string of the molecule is CCCOC(=O)c1ccc(C)cc1. The predicted molar refractivity (Wildman–Crippen MR) is 51.8 cm³/mol. The fourth-order valence-electron chi connectivity index (χ4n) is 0.968. The third-order valence-electron chi connectivity index (χ3n) is 1.72. The van der Waals surface area contributed by atoms with Gasteiger partial charge in [0.05, 0.1) is 12.2 Å². The number of ether oxygens (including phenoxy) is 1. The Labute approximate surface area is 78.5 Å². The number of esters is 1. The van der Waals surface area contributed by atoms with E-state index in [0.717, 1.165) is 12.0 Å². The first kappa shape index (κ1) is 9.78. The number of hydrogen-bond donors (Lipinski definition) is 0. The van der Waals surface area contributed by atoms with Gasteiger partial charge >= 0.3 is 5.97 Å². The van der Waals surface area contributed by atoms with Crippen molar-refractivity contribution >= 4 is 5.97 Å². The molecule has 0 radical (unpaired) electrons. The van der Waals surface area contributed by atoms with E-state index in [0.29, 0.717) is 12.2 Å². The summed E-state index contributed by atoms with van der Waals surface area (Å²) in [5, 5.41) is 0. The molecule has 2 nitrogen and oxygen atoms in total. The summed E-state index contributed by atoms with van der Waals surface area (Å²) < 4.78 is 4.98. The maximum atomic E-state index is 11.3. The van der Waals surface area contributed by atoms with Gasteiger partial charge in [-0.2, -0.15) is 0 Å². The van der Waals surface area contributed by atoms with Crippen molar-refractivity contribution < 1.29 is 9.53 Å². The summed E-state index contributed by atoms with van der Waals surface area (Å²) in [5.74, 6) is -0.234. The summed E-state index contributed by atoms with van der Waals surface area (Å²) in [6, 6.07) is 7.38. The van der Waals surface area contributed by atoms with Gasteiger partial charge in [0, 0.05) is 0 Å². The Bertz CT molecular complexity index is 275. The maximum absolute atomic E-state index is 11.3. The third kappa shape index (κ3) is 2.90. The molecule has 2 heteroatoms. The minimum atomic E-state index is -0.234. The molecule has 1 rings (SSSR count). The second-order valence-corrected chi connectivity index (χ2v) is 3.00. The number of aryl methyl sites for hydroxylation is 1. The second kappa shape index (κ2) is 4.65. The van der Waals surface area contributed by atoms with E-state index in [2.05, 4.69) is 0 Å². The van der Waals surface area contributed by atoms with Crippen molar-refractivity contribution in [2.75, 3.05) is 6.61 Å². The molecule has 0 fully saturated rings. The second-order valence-electron chi connectivity index (χ2n) is 3.00. The monoisotopic (exact) mass is 178 g/mol.